The van der Waals surface area contributed by atoms with Crippen LogP contribution < -0.4 is 0 Å². The lowest BCUT2D eigenvalue weighted by molar-refractivity contribution is 0.0513. The minimum atomic E-state index is -0.410. The van der Waals surface area contributed by atoms with E-state index in [1.54, 1.807) is 32.2 Å². The van der Waals surface area contributed by atoms with Gasteiger partial charge in [0, 0.05) is 23.1 Å². The first-order valence-corrected chi connectivity index (χ1v) is 8.71. The highest BCUT2D eigenvalue weighted by Crippen LogP contribution is 2.33. The van der Waals surface area contributed by atoms with Crippen LogP contribution in [0.4, 0.5) is 4.39 Å². The molecule has 0 radical (unpaired) electrons. The lowest BCUT2D eigenvalue weighted by atomic mass is 10.1. The van der Waals surface area contributed by atoms with E-state index in [4.69, 9.17) is 4.74 Å². The van der Waals surface area contributed by atoms with E-state index in [0.29, 0.717) is 28.8 Å². The summed E-state index contributed by atoms with van der Waals surface area (Å²) in [7, 11) is 1.69. The molecule has 0 amide bonds. The molecular weight excluding hydrogens is 343 g/mol. The smallest absolute Gasteiger partial charge is 0.356 e. The van der Waals surface area contributed by atoms with Crippen molar-refractivity contribution >= 4 is 28.5 Å². The average molecular weight is 360 g/mol. The first-order valence-electron chi connectivity index (χ1n) is 7.73. The van der Waals surface area contributed by atoms with Crippen molar-refractivity contribution in [3.63, 3.8) is 0 Å². The standard InChI is InChI=1S/C18H17FN2O3S/c1-3-24-18(23)16-8-13(20-21(16)2)10-25-14-7-11-6-12(19)4-5-15(11)17(22)9-14/h4-9,22H,3,10H2,1-2H3. The SMILES string of the molecule is CCOC(=O)c1cc(CSc2cc(O)c3ccc(F)cc3c2)nn1C. The fourth-order valence-corrected chi connectivity index (χ4v) is 3.39. The monoisotopic (exact) mass is 360 g/mol. The van der Waals surface area contributed by atoms with Gasteiger partial charge in [-0.3, -0.25) is 4.68 Å². The van der Waals surface area contributed by atoms with Gasteiger partial charge in [-0.15, -0.1) is 11.8 Å². The maximum atomic E-state index is 13.4. The molecule has 0 atom stereocenters. The van der Waals surface area contributed by atoms with Crippen molar-refractivity contribution in [3.05, 3.63) is 53.6 Å². The summed E-state index contributed by atoms with van der Waals surface area (Å²) < 4.78 is 19.9. The summed E-state index contributed by atoms with van der Waals surface area (Å²) in [5.41, 5.74) is 1.11. The molecule has 130 valence electrons. The van der Waals surface area contributed by atoms with Crippen molar-refractivity contribution in [2.45, 2.75) is 17.6 Å². The first kappa shape index (κ1) is 17.3. The van der Waals surface area contributed by atoms with Crippen molar-refractivity contribution in [1.29, 1.82) is 0 Å². The summed E-state index contributed by atoms with van der Waals surface area (Å²) in [6.07, 6.45) is 0. The number of hydrogen-bond donors (Lipinski definition) is 1. The molecule has 7 heteroatoms. The van der Waals surface area contributed by atoms with Gasteiger partial charge in [0.1, 0.15) is 17.3 Å². The second-order valence-electron chi connectivity index (χ2n) is 5.46. The van der Waals surface area contributed by atoms with Crippen LogP contribution in [0.15, 0.2) is 41.3 Å². The van der Waals surface area contributed by atoms with Crippen molar-refractivity contribution < 1.29 is 19.0 Å². The summed E-state index contributed by atoms with van der Waals surface area (Å²) in [5.74, 6) is -0.147. The first-order chi connectivity index (χ1) is 12.0. The molecule has 3 aromatic rings. The summed E-state index contributed by atoms with van der Waals surface area (Å²) in [5, 5.41) is 15.6. The number of benzene rings is 2. The number of nitrogens with zero attached hydrogens (tertiary/aromatic N) is 2. The predicted octanol–water partition coefficient (Wildman–Crippen LogP) is 3.89. The largest absolute Gasteiger partial charge is 0.507 e. The topological polar surface area (TPSA) is 64.3 Å². The van der Waals surface area contributed by atoms with E-state index in [2.05, 4.69) is 5.10 Å². The number of hydrogen-bond acceptors (Lipinski definition) is 5. The maximum absolute atomic E-state index is 13.4. The van der Waals surface area contributed by atoms with Crippen LogP contribution in [0.5, 0.6) is 5.75 Å². The number of fused-ring (bicyclic) bond motifs is 1. The van der Waals surface area contributed by atoms with Gasteiger partial charge in [0.2, 0.25) is 0 Å². The molecule has 5 nitrogen and oxygen atoms in total. The molecule has 25 heavy (non-hydrogen) atoms. The number of ether oxygens (including phenoxy) is 1. The Labute approximate surface area is 148 Å². The number of aryl methyl sites for hydroxylation is 1. The Hall–Kier alpha value is -2.54. The molecule has 0 aliphatic heterocycles. The van der Waals surface area contributed by atoms with Gasteiger partial charge >= 0.3 is 5.97 Å². The number of halogens is 1. The Morgan fingerprint density at radius 3 is 2.88 bits per heavy atom. The molecule has 0 fully saturated rings. The van der Waals surface area contributed by atoms with Gasteiger partial charge in [-0.1, -0.05) is 0 Å². The van der Waals surface area contributed by atoms with Crippen molar-refractivity contribution in [1.82, 2.24) is 9.78 Å². The minimum Gasteiger partial charge on any atom is -0.507 e. The Morgan fingerprint density at radius 1 is 1.32 bits per heavy atom. The lowest BCUT2D eigenvalue weighted by Gasteiger charge is -2.05. The summed E-state index contributed by atoms with van der Waals surface area (Å²) in [4.78, 5) is 12.6. The van der Waals surface area contributed by atoms with E-state index in [-0.39, 0.29) is 11.6 Å². The zero-order chi connectivity index (χ0) is 18.0. The fourth-order valence-electron chi connectivity index (χ4n) is 2.53. The molecule has 3 rings (SSSR count). The van der Waals surface area contributed by atoms with Crippen LogP contribution in [0, 0.1) is 5.82 Å². The molecule has 0 aliphatic rings. The van der Waals surface area contributed by atoms with Crippen LogP contribution in [-0.4, -0.2) is 27.5 Å². The van der Waals surface area contributed by atoms with Gasteiger partial charge < -0.3 is 9.84 Å². The minimum absolute atomic E-state index is 0.105. The number of carbonyl (C=O) groups is 1. The van der Waals surface area contributed by atoms with Crippen molar-refractivity contribution in [2.24, 2.45) is 7.05 Å². The molecule has 0 saturated carbocycles. The maximum Gasteiger partial charge on any atom is 0.356 e. The molecule has 1 heterocycles. The Bertz CT molecular complexity index is 939. The third-order valence-corrected chi connectivity index (χ3v) is 4.68. The van der Waals surface area contributed by atoms with Crippen LogP contribution in [0.25, 0.3) is 10.8 Å². The summed E-state index contributed by atoms with van der Waals surface area (Å²) in [6, 6.07) is 9.40. The van der Waals surface area contributed by atoms with Crippen LogP contribution in [0.1, 0.15) is 23.1 Å². The van der Waals surface area contributed by atoms with Crippen molar-refractivity contribution in [3.8, 4) is 5.75 Å². The van der Waals surface area contributed by atoms with Gasteiger partial charge in [-0.25, -0.2) is 9.18 Å². The Balaban J connectivity index is 1.79. The molecular formula is C18H17FN2O3S. The lowest BCUT2D eigenvalue weighted by Crippen LogP contribution is -2.10. The molecule has 0 aliphatic carbocycles. The molecule has 1 aromatic heterocycles. The normalized spacial score (nSPS) is 11.0. The number of esters is 1. The molecule has 2 aromatic carbocycles. The highest BCUT2D eigenvalue weighted by atomic mass is 32.2. The molecule has 0 bridgehead atoms. The average Bonchev–Trinajstić information content (AvgIpc) is 2.94. The number of carbonyl (C=O) groups excluding carboxylic acids is 1. The van der Waals surface area contributed by atoms with Gasteiger partial charge in [0.05, 0.1) is 12.3 Å². The summed E-state index contributed by atoms with van der Waals surface area (Å²) >= 11 is 1.45. The van der Waals surface area contributed by atoms with Gasteiger partial charge in [0.25, 0.3) is 0 Å². The van der Waals surface area contributed by atoms with Gasteiger partial charge in [-0.2, -0.15) is 5.10 Å². The van der Waals surface area contributed by atoms with E-state index >= 15 is 0 Å². The van der Waals surface area contributed by atoms with E-state index in [9.17, 15) is 14.3 Å². The molecule has 0 spiro atoms. The Morgan fingerprint density at radius 2 is 2.12 bits per heavy atom. The van der Waals surface area contributed by atoms with E-state index in [1.807, 2.05) is 6.07 Å². The highest BCUT2D eigenvalue weighted by Gasteiger charge is 2.14. The quantitative estimate of drug-likeness (QED) is 0.552. The van der Waals surface area contributed by atoms with E-state index in [0.717, 1.165) is 10.6 Å². The second kappa shape index (κ2) is 7.14. The zero-order valence-electron chi connectivity index (χ0n) is 13.8. The molecule has 0 saturated heterocycles. The van der Waals surface area contributed by atoms with Crippen molar-refractivity contribution in [2.75, 3.05) is 6.61 Å². The number of phenolic OH excluding ortho intramolecular Hbond substituents is 1. The van der Waals surface area contributed by atoms with Gasteiger partial charge in [-0.05, 0) is 48.7 Å². The zero-order valence-corrected chi connectivity index (χ0v) is 14.6. The molecule has 1 N–H and O–H groups in total. The van der Waals surface area contributed by atoms with Crippen LogP contribution >= 0.6 is 11.8 Å². The third kappa shape index (κ3) is 3.76. The molecule has 0 unspecified atom stereocenters. The van der Waals surface area contributed by atoms with Gasteiger partial charge in [0.15, 0.2) is 0 Å². The third-order valence-electron chi connectivity index (χ3n) is 3.67. The predicted molar refractivity (Wildman–Crippen MR) is 94.3 cm³/mol. The van der Waals surface area contributed by atoms with E-state index < -0.39 is 5.97 Å². The number of rotatable bonds is 5. The fraction of sp³-hybridized carbons (Fsp3) is 0.222. The number of phenols is 1. The Kier molecular flexibility index (Phi) is 4.94. The second-order valence-corrected chi connectivity index (χ2v) is 6.51. The van der Waals surface area contributed by atoms with E-state index in [1.165, 1.54) is 28.6 Å². The van der Waals surface area contributed by atoms with Crippen LogP contribution in [0.3, 0.4) is 0 Å². The van der Waals surface area contributed by atoms with Crippen LogP contribution in [0.2, 0.25) is 0 Å². The summed E-state index contributed by atoms with van der Waals surface area (Å²) in [6.45, 7) is 2.06. The number of aromatic nitrogens is 2. The number of aromatic hydroxyl groups is 1. The number of thioether (sulfide) groups is 1. The van der Waals surface area contributed by atoms with Crippen LogP contribution in [-0.2, 0) is 17.5 Å². The highest BCUT2D eigenvalue weighted by molar-refractivity contribution is 7.98.